The zero-order valence-electron chi connectivity index (χ0n) is 10.4. The van der Waals surface area contributed by atoms with Crippen LogP contribution in [-0.2, 0) is 9.47 Å². The predicted octanol–water partition coefficient (Wildman–Crippen LogP) is 2.17. The van der Waals surface area contributed by atoms with Gasteiger partial charge in [-0.05, 0) is 38.0 Å². The molecule has 4 nitrogen and oxygen atoms in total. The Hall–Kier alpha value is -0.770. The molecule has 2 heterocycles. The van der Waals surface area contributed by atoms with Crippen molar-refractivity contribution in [2.45, 2.75) is 57.2 Å². The predicted molar refractivity (Wildman–Crippen MR) is 62.8 cm³/mol. The average Bonchev–Trinajstić information content (AvgIpc) is 2.21. The molecule has 2 bridgehead atoms. The Labute approximate surface area is 102 Å². The summed E-state index contributed by atoms with van der Waals surface area (Å²) in [5.41, 5.74) is 0. The molecule has 2 aliphatic heterocycles. The van der Waals surface area contributed by atoms with Crippen LogP contribution < -0.4 is 0 Å². The summed E-state index contributed by atoms with van der Waals surface area (Å²) >= 11 is 0. The normalized spacial score (nSPS) is 37.5. The van der Waals surface area contributed by atoms with Crippen molar-refractivity contribution < 1.29 is 14.3 Å². The van der Waals surface area contributed by atoms with Gasteiger partial charge >= 0.3 is 6.09 Å². The first-order chi connectivity index (χ1) is 8.24. The van der Waals surface area contributed by atoms with Crippen LogP contribution in [0.1, 0.15) is 39.0 Å². The number of fused-ring (bicyclic) bond motifs is 2. The van der Waals surface area contributed by atoms with Gasteiger partial charge in [0.25, 0.3) is 0 Å². The van der Waals surface area contributed by atoms with E-state index in [4.69, 9.17) is 9.47 Å². The highest BCUT2D eigenvalue weighted by molar-refractivity contribution is 5.69. The molecule has 4 heteroatoms. The van der Waals surface area contributed by atoms with E-state index in [1.54, 1.807) is 0 Å². The molecule has 3 rings (SSSR count). The summed E-state index contributed by atoms with van der Waals surface area (Å²) in [4.78, 5) is 14.1. The number of morpholine rings is 1. The molecule has 17 heavy (non-hydrogen) atoms. The molecule has 3 fully saturated rings. The van der Waals surface area contributed by atoms with Crippen molar-refractivity contribution in [3.05, 3.63) is 0 Å². The van der Waals surface area contributed by atoms with E-state index in [0.29, 0.717) is 19.1 Å². The van der Waals surface area contributed by atoms with E-state index in [9.17, 15) is 4.79 Å². The summed E-state index contributed by atoms with van der Waals surface area (Å²) in [6, 6.07) is 0.482. The van der Waals surface area contributed by atoms with Gasteiger partial charge in [0.15, 0.2) is 0 Å². The second-order valence-corrected chi connectivity index (χ2v) is 5.77. The first-order valence-corrected chi connectivity index (χ1v) is 6.80. The number of rotatable bonds is 1. The molecular weight excluding hydrogens is 218 g/mol. The smallest absolute Gasteiger partial charge is 0.410 e. The lowest BCUT2D eigenvalue weighted by atomic mass is 9.86. The van der Waals surface area contributed by atoms with Crippen LogP contribution >= 0.6 is 0 Å². The van der Waals surface area contributed by atoms with Gasteiger partial charge in [0.05, 0.1) is 25.3 Å². The molecule has 0 spiro atoms. The summed E-state index contributed by atoms with van der Waals surface area (Å²) in [7, 11) is 0. The maximum Gasteiger partial charge on any atom is 0.410 e. The first kappa shape index (κ1) is 11.3. The third kappa shape index (κ3) is 2.15. The van der Waals surface area contributed by atoms with Crippen LogP contribution in [0.15, 0.2) is 0 Å². The summed E-state index contributed by atoms with van der Waals surface area (Å²) in [6.45, 7) is 3.63. The number of carbonyl (C=O) groups excluding carboxylic acids is 1. The molecule has 0 radical (unpaired) electrons. The Morgan fingerprint density at radius 2 is 1.88 bits per heavy atom. The minimum absolute atomic E-state index is 0.0973. The van der Waals surface area contributed by atoms with Crippen LogP contribution in [0.25, 0.3) is 0 Å². The average molecular weight is 239 g/mol. The molecule has 3 atom stereocenters. The molecule has 0 N–H and O–H groups in total. The fourth-order valence-electron chi connectivity index (χ4n) is 3.18. The Morgan fingerprint density at radius 1 is 1.24 bits per heavy atom. The van der Waals surface area contributed by atoms with Crippen LogP contribution in [0, 0.1) is 5.92 Å². The Kier molecular flexibility index (Phi) is 2.99. The molecule has 1 saturated carbocycles. The van der Waals surface area contributed by atoms with Crippen molar-refractivity contribution in [1.29, 1.82) is 0 Å². The van der Waals surface area contributed by atoms with Gasteiger partial charge in [-0.15, -0.1) is 0 Å². The number of amides is 1. The molecule has 2 unspecified atom stereocenters. The number of hydrogen-bond acceptors (Lipinski definition) is 3. The van der Waals surface area contributed by atoms with Crippen molar-refractivity contribution in [1.82, 2.24) is 4.90 Å². The topological polar surface area (TPSA) is 38.8 Å². The zero-order valence-corrected chi connectivity index (χ0v) is 10.4. The summed E-state index contributed by atoms with van der Waals surface area (Å²) in [6.07, 6.45) is 5.48. The van der Waals surface area contributed by atoms with Gasteiger partial charge < -0.3 is 9.47 Å². The summed E-state index contributed by atoms with van der Waals surface area (Å²) in [5, 5.41) is 0. The Bertz CT molecular complexity index is 289. The van der Waals surface area contributed by atoms with E-state index in [2.05, 4.69) is 6.92 Å². The van der Waals surface area contributed by atoms with Crippen molar-refractivity contribution in [2.24, 2.45) is 5.92 Å². The Morgan fingerprint density at radius 3 is 2.41 bits per heavy atom. The lowest BCUT2D eigenvalue weighted by Gasteiger charge is -2.47. The Balaban J connectivity index is 1.66. The third-order valence-corrected chi connectivity index (χ3v) is 4.29. The molecule has 1 amide bonds. The molecular formula is C13H21NO3. The number of hydrogen-bond donors (Lipinski definition) is 0. The quantitative estimate of drug-likeness (QED) is 0.704. The van der Waals surface area contributed by atoms with E-state index in [1.807, 2.05) is 4.90 Å². The number of nitrogens with zero attached hydrogens (tertiary/aromatic N) is 1. The second kappa shape index (κ2) is 4.48. The third-order valence-electron chi connectivity index (χ3n) is 4.29. The largest absolute Gasteiger partial charge is 0.446 e. The van der Waals surface area contributed by atoms with E-state index in [1.165, 1.54) is 6.42 Å². The van der Waals surface area contributed by atoms with E-state index in [-0.39, 0.29) is 24.3 Å². The van der Waals surface area contributed by atoms with Crippen LogP contribution in [0.5, 0.6) is 0 Å². The number of piperidine rings is 1. The van der Waals surface area contributed by atoms with Crippen molar-refractivity contribution in [3.63, 3.8) is 0 Å². The van der Waals surface area contributed by atoms with E-state index < -0.39 is 0 Å². The minimum atomic E-state index is -0.0973. The fraction of sp³-hybridized carbons (Fsp3) is 0.923. The molecule has 0 aromatic rings. The zero-order chi connectivity index (χ0) is 11.8. The SMILES string of the molecule is CC1CC2COC[C@@H](C1)N2C(=O)OC1CCC1. The van der Waals surface area contributed by atoms with Gasteiger partial charge in [0.1, 0.15) is 6.10 Å². The van der Waals surface area contributed by atoms with Crippen LogP contribution in [0.4, 0.5) is 4.79 Å². The van der Waals surface area contributed by atoms with Crippen molar-refractivity contribution >= 4 is 6.09 Å². The van der Waals surface area contributed by atoms with Crippen LogP contribution in [0.2, 0.25) is 0 Å². The van der Waals surface area contributed by atoms with Crippen molar-refractivity contribution in [3.8, 4) is 0 Å². The molecule has 3 aliphatic rings. The highest BCUT2D eigenvalue weighted by Gasteiger charge is 2.42. The maximum atomic E-state index is 12.2. The van der Waals surface area contributed by atoms with Gasteiger partial charge in [0.2, 0.25) is 0 Å². The standard InChI is InChI=1S/C13H21NO3/c1-9-5-10-7-16-8-11(6-9)14(10)13(15)17-12-3-2-4-12/h9-12H,2-8H2,1H3/t9?,10-,11?/m1/s1. The molecule has 96 valence electrons. The molecule has 0 aromatic heterocycles. The second-order valence-electron chi connectivity index (χ2n) is 5.77. The maximum absolute atomic E-state index is 12.2. The van der Waals surface area contributed by atoms with Gasteiger partial charge in [0, 0.05) is 0 Å². The van der Waals surface area contributed by atoms with Gasteiger partial charge in [-0.2, -0.15) is 0 Å². The summed E-state index contributed by atoms with van der Waals surface area (Å²) < 4.78 is 11.1. The molecule has 1 aliphatic carbocycles. The highest BCUT2D eigenvalue weighted by atomic mass is 16.6. The van der Waals surface area contributed by atoms with Gasteiger partial charge in [-0.25, -0.2) is 4.79 Å². The van der Waals surface area contributed by atoms with E-state index >= 15 is 0 Å². The number of carbonyl (C=O) groups is 1. The van der Waals surface area contributed by atoms with Crippen LogP contribution in [0.3, 0.4) is 0 Å². The molecule has 0 aromatic carbocycles. The highest BCUT2D eigenvalue weighted by Crippen LogP contribution is 2.33. The lowest BCUT2D eigenvalue weighted by Crippen LogP contribution is -2.59. The minimum Gasteiger partial charge on any atom is -0.446 e. The van der Waals surface area contributed by atoms with E-state index in [0.717, 1.165) is 25.7 Å². The number of ether oxygens (including phenoxy) is 2. The fourth-order valence-corrected chi connectivity index (χ4v) is 3.18. The summed E-state index contributed by atoms with van der Waals surface area (Å²) in [5.74, 6) is 0.696. The monoisotopic (exact) mass is 239 g/mol. The molecule has 2 saturated heterocycles. The van der Waals surface area contributed by atoms with Gasteiger partial charge in [-0.1, -0.05) is 6.92 Å². The lowest BCUT2D eigenvalue weighted by molar-refractivity contribution is -0.0861. The van der Waals surface area contributed by atoms with Gasteiger partial charge in [-0.3, -0.25) is 4.90 Å². The first-order valence-electron chi connectivity index (χ1n) is 6.80. The van der Waals surface area contributed by atoms with Crippen molar-refractivity contribution in [2.75, 3.05) is 13.2 Å². The van der Waals surface area contributed by atoms with Crippen LogP contribution in [-0.4, -0.2) is 42.4 Å².